The molecule has 1 unspecified atom stereocenters. The van der Waals surface area contributed by atoms with Crippen LogP contribution in [0.5, 0.6) is 11.8 Å². The van der Waals surface area contributed by atoms with Crippen LogP contribution in [-0.4, -0.2) is 29.3 Å². The van der Waals surface area contributed by atoms with E-state index in [1.54, 1.807) is 20.3 Å². The Morgan fingerprint density at radius 3 is 2.20 bits per heavy atom. The van der Waals surface area contributed by atoms with Crippen LogP contribution in [0.2, 0.25) is 0 Å². The van der Waals surface area contributed by atoms with Crippen LogP contribution in [0.25, 0.3) is 0 Å². The van der Waals surface area contributed by atoms with E-state index in [0.717, 1.165) is 17.0 Å². The molecule has 0 fully saturated rings. The first-order valence-corrected chi connectivity index (χ1v) is 6.21. The van der Waals surface area contributed by atoms with Gasteiger partial charge in [-0.1, -0.05) is 5.16 Å². The maximum absolute atomic E-state index is 5.16. The first kappa shape index (κ1) is 14.1. The number of hydrogen-bond acceptors (Lipinski definition) is 7. The van der Waals surface area contributed by atoms with Gasteiger partial charge in [0.05, 0.1) is 32.0 Å². The number of aryl methyl sites for hydroxylation is 2. The number of ether oxygens (including phenoxy) is 2. The zero-order valence-electron chi connectivity index (χ0n) is 12.2. The lowest BCUT2D eigenvalue weighted by Gasteiger charge is -2.14. The van der Waals surface area contributed by atoms with Gasteiger partial charge >= 0.3 is 0 Å². The summed E-state index contributed by atoms with van der Waals surface area (Å²) in [5.41, 5.74) is 1.84. The molecule has 0 bridgehead atoms. The van der Waals surface area contributed by atoms with Gasteiger partial charge in [0.25, 0.3) is 0 Å². The van der Waals surface area contributed by atoms with Crippen LogP contribution in [0.4, 0.5) is 5.95 Å². The fourth-order valence-electron chi connectivity index (χ4n) is 2.05. The Hall–Kier alpha value is -2.31. The average Bonchev–Trinajstić information content (AvgIpc) is 2.77. The van der Waals surface area contributed by atoms with Crippen molar-refractivity contribution in [2.24, 2.45) is 0 Å². The van der Waals surface area contributed by atoms with Crippen molar-refractivity contribution in [1.82, 2.24) is 15.1 Å². The number of rotatable bonds is 5. The third-order valence-corrected chi connectivity index (χ3v) is 2.96. The molecule has 0 amide bonds. The molecule has 0 aromatic carbocycles. The van der Waals surface area contributed by atoms with Gasteiger partial charge in [-0.2, -0.15) is 9.97 Å². The van der Waals surface area contributed by atoms with E-state index in [4.69, 9.17) is 14.0 Å². The molecule has 0 radical (unpaired) electrons. The predicted molar refractivity (Wildman–Crippen MR) is 73.2 cm³/mol. The molecule has 2 heterocycles. The van der Waals surface area contributed by atoms with Crippen LogP contribution in [0, 0.1) is 13.8 Å². The highest BCUT2D eigenvalue weighted by atomic mass is 16.5. The normalized spacial score (nSPS) is 12.1. The fraction of sp³-hybridized carbons (Fsp3) is 0.462. The summed E-state index contributed by atoms with van der Waals surface area (Å²) in [5, 5.41) is 7.13. The summed E-state index contributed by atoms with van der Waals surface area (Å²) >= 11 is 0. The van der Waals surface area contributed by atoms with Crippen LogP contribution in [0.1, 0.15) is 30.0 Å². The Morgan fingerprint density at radius 1 is 1.15 bits per heavy atom. The lowest BCUT2D eigenvalue weighted by Crippen LogP contribution is -2.11. The van der Waals surface area contributed by atoms with Crippen molar-refractivity contribution in [2.45, 2.75) is 26.8 Å². The number of nitrogens with zero attached hydrogens (tertiary/aromatic N) is 3. The Balaban J connectivity index is 2.25. The third-order valence-electron chi connectivity index (χ3n) is 2.96. The molecule has 0 aliphatic carbocycles. The molecule has 0 aliphatic rings. The van der Waals surface area contributed by atoms with Crippen molar-refractivity contribution < 1.29 is 14.0 Å². The summed E-state index contributed by atoms with van der Waals surface area (Å²) in [4.78, 5) is 8.47. The molecule has 0 saturated carbocycles. The number of anilines is 1. The molecule has 2 aromatic rings. The molecule has 0 saturated heterocycles. The molecular formula is C13H18N4O3. The van der Waals surface area contributed by atoms with E-state index >= 15 is 0 Å². The van der Waals surface area contributed by atoms with Gasteiger partial charge in [-0.3, -0.25) is 0 Å². The van der Waals surface area contributed by atoms with Crippen molar-refractivity contribution in [1.29, 1.82) is 0 Å². The van der Waals surface area contributed by atoms with E-state index in [-0.39, 0.29) is 6.04 Å². The highest BCUT2D eigenvalue weighted by Crippen LogP contribution is 2.25. The highest BCUT2D eigenvalue weighted by Gasteiger charge is 2.17. The molecular weight excluding hydrogens is 260 g/mol. The van der Waals surface area contributed by atoms with E-state index in [1.807, 2.05) is 20.8 Å². The Morgan fingerprint density at radius 2 is 1.75 bits per heavy atom. The molecule has 1 N–H and O–H groups in total. The number of aromatic nitrogens is 3. The first-order chi connectivity index (χ1) is 9.55. The summed E-state index contributed by atoms with van der Waals surface area (Å²) in [7, 11) is 3.09. The predicted octanol–water partition coefficient (Wildman–Crippen LogP) is 2.27. The minimum absolute atomic E-state index is 0.0435. The lowest BCUT2D eigenvalue weighted by atomic mass is 10.1. The monoisotopic (exact) mass is 278 g/mol. The van der Waals surface area contributed by atoms with Crippen molar-refractivity contribution in [3.63, 3.8) is 0 Å². The van der Waals surface area contributed by atoms with E-state index < -0.39 is 0 Å². The number of nitrogens with one attached hydrogen (secondary N) is 1. The van der Waals surface area contributed by atoms with Gasteiger partial charge in [-0.25, -0.2) is 0 Å². The molecule has 7 nitrogen and oxygen atoms in total. The topological polar surface area (TPSA) is 82.3 Å². The Kier molecular flexibility index (Phi) is 4.07. The van der Waals surface area contributed by atoms with E-state index in [9.17, 15) is 0 Å². The quantitative estimate of drug-likeness (QED) is 0.898. The summed E-state index contributed by atoms with van der Waals surface area (Å²) in [6, 6.07) is 1.57. The lowest BCUT2D eigenvalue weighted by molar-refractivity contribution is 0.372. The number of methoxy groups -OCH3 is 2. The molecule has 7 heteroatoms. The second-order valence-electron chi connectivity index (χ2n) is 4.38. The Labute approximate surface area is 117 Å². The van der Waals surface area contributed by atoms with Crippen molar-refractivity contribution in [3.8, 4) is 11.8 Å². The van der Waals surface area contributed by atoms with Gasteiger partial charge in [0.15, 0.2) is 0 Å². The summed E-state index contributed by atoms with van der Waals surface area (Å²) in [5.74, 6) is 2.07. The SMILES string of the molecule is COc1cc(OC)nc(NC(C)c2c(C)noc2C)n1. The van der Waals surface area contributed by atoms with Crippen LogP contribution in [0.15, 0.2) is 10.6 Å². The van der Waals surface area contributed by atoms with E-state index in [1.165, 1.54) is 0 Å². The van der Waals surface area contributed by atoms with Gasteiger partial charge in [0.2, 0.25) is 17.7 Å². The number of hydrogen-bond donors (Lipinski definition) is 1. The first-order valence-electron chi connectivity index (χ1n) is 6.21. The molecule has 0 aliphatic heterocycles. The summed E-state index contributed by atoms with van der Waals surface area (Å²) in [6.45, 7) is 5.76. The van der Waals surface area contributed by atoms with Crippen LogP contribution >= 0.6 is 0 Å². The highest BCUT2D eigenvalue weighted by molar-refractivity contribution is 5.38. The molecule has 2 rings (SSSR count). The molecule has 1 atom stereocenters. The summed E-state index contributed by atoms with van der Waals surface area (Å²) < 4.78 is 15.4. The minimum Gasteiger partial charge on any atom is -0.481 e. The van der Waals surface area contributed by atoms with Gasteiger partial charge < -0.3 is 19.3 Å². The van der Waals surface area contributed by atoms with Gasteiger partial charge in [-0.05, 0) is 20.8 Å². The maximum atomic E-state index is 5.16. The maximum Gasteiger partial charge on any atom is 0.229 e. The smallest absolute Gasteiger partial charge is 0.229 e. The molecule has 0 spiro atoms. The van der Waals surface area contributed by atoms with Gasteiger partial charge in [-0.15, -0.1) is 0 Å². The zero-order chi connectivity index (χ0) is 14.7. The third kappa shape index (κ3) is 2.81. The van der Waals surface area contributed by atoms with Gasteiger partial charge in [0, 0.05) is 5.56 Å². The molecule has 108 valence electrons. The molecule has 2 aromatic heterocycles. The average molecular weight is 278 g/mol. The second kappa shape index (κ2) is 5.77. The van der Waals surface area contributed by atoms with Crippen molar-refractivity contribution >= 4 is 5.95 Å². The van der Waals surface area contributed by atoms with Crippen molar-refractivity contribution in [2.75, 3.05) is 19.5 Å². The minimum atomic E-state index is -0.0435. The largest absolute Gasteiger partial charge is 0.481 e. The Bertz CT molecular complexity index is 556. The zero-order valence-corrected chi connectivity index (χ0v) is 12.2. The van der Waals surface area contributed by atoms with Crippen molar-refractivity contribution in [3.05, 3.63) is 23.1 Å². The van der Waals surface area contributed by atoms with Crippen LogP contribution < -0.4 is 14.8 Å². The summed E-state index contributed by atoms with van der Waals surface area (Å²) in [6.07, 6.45) is 0. The fourth-order valence-corrected chi connectivity index (χ4v) is 2.05. The van der Waals surface area contributed by atoms with Gasteiger partial charge in [0.1, 0.15) is 5.76 Å². The second-order valence-corrected chi connectivity index (χ2v) is 4.38. The standard InChI is InChI=1S/C13H18N4O3/c1-7(12-8(2)17-20-9(12)3)14-13-15-10(18-4)6-11(16-13)19-5/h6-7H,1-5H3,(H,14,15,16). The molecule has 20 heavy (non-hydrogen) atoms. The van der Waals surface area contributed by atoms with E-state index in [2.05, 4.69) is 20.4 Å². The van der Waals surface area contributed by atoms with E-state index in [0.29, 0.717) is 17.7 Å². The van der Waals surface area contributed by atoms with Crippen LogP contribution in [0.3, 0.4) is 0 Å². The van der Waals surface area contributed by atoms with Crippen LogP contribution in [-0.2, 0) is 0 Å².